The van der Waals surface area contributed by atoms with Crippen LogP contribution in [0.4, 0.5) is 13.2 Å². The highest BCUT2D eigenvalue weighted by Crippen LogP contribution is 2.34. The number of carbonyl (C=O) groups is 2. The van der Waals surface area contributed by atoms with Gasteiger partial charge in [0.2, 0.25) is 5.91 Å². The highest BCUT2D eigenvalue weighted by molar-refractivity contribution is 6.42. The van der Waals surface area contributed by atoms with E-state index < -0.39 is 17.6 Å². The van der Waals surface area contributed by atoms with Crippen LogP contribution in [0.1, 0.15) is 40.2 Å². The van der Waals surface area contributed by atoms with E-state index in [1.807, 2.05) is 0 Å². The molecule has 2 unspecified atom stereocenters. The van der Waals surface area contributed by atoms with E-state index in [0.717, 1.165) is 43.6 Å². The van der Waals surface area contributed by atoms with Crippen molar-refractivity contribution in [2.75, 3.05) is 32.7 Å². The molecule has 1 N–H and O–H groups in total. The average Bonchev–Trinajstić information content (AvgIpc) is 3.48. The molecular formula is C24H24Cl2F3N3O2. The van der Waals surface area contributed by atoms with Gasteiger partial charge in [-0.05, 0) is 61.2 Å². The van der Waals surface area contributed by atoms with Gasteiger partial charge in [0.05, 0.1) is 22.2 Å². The molecule has 2 fully saturated rings. The highest BCUT2D eigenvalue weighted by atomic mass is 35.5. The number of nitrogens with one attached hydrogen (secondary N) is 1. The number of rotatable bonds is 5. The lowest BCUT2D eigenvalue weighted by Crippen LogP contribution is -2.41. The van der Waals surface area contributed by atoms with Crippen LogP contribution in [-0.2, 0) is 11.0 Å². The van der Waals surface area contributed by atoms with Crippen molar-refractivity contribution in [1.82, 2.24) is 15.1 Å². The van der Waals surface area contributed by atoms with Gasteiger partial charge >= 0.3 is 6.18 Å². The number of benzene rings is 2. The van der Waals surface area contributed by atoms with Gasteiger partial charge in [0.25, 0.3) is 5.91 Å². The van der Waals surface area contributed by atoms with Gasteiger partial charge in [0, 0.05) is 31.2 Å². The summed E-state index contributed by atoms with van der Waals surface area (Å²) in [5.74, 6) is -0.381. The van der Waals surface area contributed by atoms with E-state index in [1.54, 1.807) is 23.1 Å². The summed E-state index contributed by atoms with van der Waals surface area (Å²) in [4.78, 5) is 29.0. The normalized spacial score (nSPS) is 21.1. The number of carbonyl (C=O) groups excluding carboxylic acids is 2. The van der Waals surface area contributed by atoms with Gasteiger partial charge in [-0.15, -0.1) is 0 Å². The number of likely N-dealkylation sites (tertiary alicyclic amines) is 2. The van der Waals surface area contributed by atoms with Gasteiger partial charge in [-0.1, -0.05) is 35.3 Å². The molecule has 34 heavy (non-hydrogen) atoms. The molecule has 5 nitrogen and oxygen atoms in total. The van der Waals surface area contributed by atoms with Crippen LogP contribution in [0, 0.1) is 0 Å². The smallest absolute Gasteiger partial charge is 0.343 e. The fourth-order valence-corrected chi connectivity index (χ4v) is 4.91. The lowest BCUT2D eigenvalue weighted by molar-refractivity contribution is -0.137. The summed E-state index contributed by atoms with van der Waals surface area (Å²) < 4.78 is 38.4. The Kier molecular flexibility index (Phi) is 7.40. The summed E-state index contributed by atoms with van der Waals surface area (Å²) in [6.45, 7) is 2.66. The molecule has 2 aromatic carbocycles. The summed E-state index contributed by atoms with van der Waals surface area (Å²) in [5.41, 5.74) is 0.599. The quantitative estimate of drug-likeness (QED) is 0.622. The maximum Gasteiger partial charge on any atom is 0.416 e. The molecule has 2 aromatic rings. The molecule has 2 amide bonds. The van der Waals surface area contributed by atoms with Crippen LogP contribution < -0.4 is 5.32 Å². The molecule has 10 heteroatoms. The fraction of sp³-hybridized carbons (Fsp3) is 0.417. The Bertz CT molecular complexity index is 1060. The van der Waals surface area contributed by atoms with E-state index in [-0.39, 0.29) is 29.4 Å². The average molecular weight is 514 g/mol. The first-order chi connectivity index (χ1) is 16.1. The van der Waals surface area contributed by atoms with Crippen LogP contribution in [0.2, 0.25) is 10.0 Å². The van der Waals surface area contributed by atoms with Crippen LogP contribution in [0.5, 0.6) is 0 Å². The topological polar surface area (TPSA) is 52.7 Å². The van der Waals surface area contributed by atoms with Crippen molar-refractivity contribution < 1.29 is 22.8 Å². The third kappa shape index (κ3) is 5.67. The lowest BCUT2D eigenvalue weighted by Gasteiger charge is -2.24. The predicted octanol–water partition coefficient (Wildman–Crippen LogP) is 4.83. The predicted molar refractivity (Wildman–Crippen MR) is 124 cm³/mol. The van der Waals surface area contributed by atoms with Crippen molar-refractivity contribution in [3.8, 4) is 0 Å². The summed E-state index contributed by atoms with van der Waals surface area (Å²) >= 11 is 11.8. The molecule has 0 radical (unpaired) electrons. The molecule has 0 aliphatic carbocycles. The van der Waals surface area contributed by atoms with Crippen LogP contribution >= 0.6 is 23.2 Å². The zero-order valence-corrected chi connectivity index (χ0v) is 19.8. The SMILES string of the molecule is O=C(NCC(=O)N1CCC(N2CCC(c3ccc(C(F)(F)F)cc3)C2)C1)c1ccc(Cl)c(Cl)c1. The van der Waals surface area contributed by atoms with Crippen molar-refractivity contribution in [2.45, 2.75) is 31.0 Å². The second-order valence-corrected chi connectivity index (χ2v) is 9.51. The number of amides is 2. The van der Waals surface area contributed by atoms with Crippen molar-refractivity contribution in [2.24, 2.45) is 0 Å². The minimum Gasteiger partial charge on any atom is -0.343 e. The molecule has 4 rings (SSSR count). The first kappa shape index (κ1) is 24.8. The molecule has 182 valence electrons. The molecule has 0 spiro atoms. The number of halogens is 5. The lowest BCUT2D eigenvalue weighted by atomic mass is 9.97. The first-order valence-corrected chi connectivity index (χ1v) is 11.8. The Labute approximate surface area is 205 Å². The van der Waals surface area contributed by atoms with Gasteiger partial charge in [-0.25, -0.2) is 0 Å². The summed E-state index contributed by atoms with van der Waals surface area (Å²) in [7, 11) is 0. The van der Waals surface area contributed by atoms with E-state index in [0.29, 0.717) is 23.7 Å². The maximum absolute atomic E-state index is 12.8. The zero-order valence-electron chi connectivity index (χ0n) is 18.2. The minimum atomic E-state index is -4.33. The van der Waals surface area contributed by atoms with Crippen LogP contribution in [0.3, 0.4) is 0 Å². The zero-order chi connectivity index (χ0) is 24.5. The molecule has 0 bridgehead atoms. The van der Waals surface area contributed by atoms with Crippen molar-refractivity contribution in [1.29, 1.82) is 0 Å². The fourth-order valence-electron chi connectivity index (χ4n) is 4.61. The molecule has 0 aromatic heterocycles. The van der Waals surface area contributed by atoms with Crippen LogP contribution in [0.15, 0.2) is 42.5 Å². The Morgan fingerprint density at radius 2 is 1.71 bits per heavy atom. The largest absolute Gasteiger partial charge is 0.416 e. The van der Waals surface area contributed by atoms with E-state index >= 15 is 0 Å². The van der Waals surface area contributed by atoms with E-state index in [2.05, 4.69) is 10.2 Å². The van der Waals surface area contributed by atoms with Gasteiger partial charge < -0.3 is 10.2 Å². The third-order valence-electron chi connectivity index (χ3n) is 6.54. The van der Waals surface area contributed by atoms with Crippen molar-refractivity contribution >= 4 is 35.0 Å². The Morgan fingerprint density at radius 1 is 0.971 bits per heavy atom. The van der Waals surface area contributed by atoms with Crippen LogP contribution in [0.25, 0.3) is 0 Å². The first-order valence-electron chi connectivity index (χ1n) is 11.0. The second kappa shape index (κ2) is 10.1. The maximum atomic E-state index is 12.8. The van der Waals surface area contributed by atoms with Gasteiger partial charge in [-0.3, -0.25) is 14.5 Å². The van der Waals surface area contributed by atoms with Gasteiger partial charge in [0.1, 0.15) is 0 Å². The van der Waals surface area contributed by atoms with Crippen molar-refractivity contribution in [3.05, 3.63) is 69.2 Å². The number of alkyl halides is 3. The molecule has 2 saturated heterocycles. The Hall–Kier alpha value is -2.29. The van der Waals surface area contributed by atoms with Crippen LogP contribution in [-0.4, -0.2) is 60.4 Å². The summed E-state index contributed by atoms with van der Waals surface area (Å²) in [6.07, 6.45) is -2.64. The number of hydrogen-bond acceptors (Lipinski definition) is 3. The molecule has 2 heterocycles. The molecule has 2 aliphatic heterocycles. The van der Waals surface area contributed by atoms with Gasteiger partial charge in [0.15, 0.2) is 0 Å². The monoisotopic (exact) mass is 513 g/mol. The second-order valence-electron chi connectivity index (χ2n) is 8.69. The van der Waals surface area contributed by atoms with Crippen molar-refractivity contribution in [3.63, 3.8) is 0 Å². The third-order valence-corrected chi connectivity index (χ3v) is 7.28. The van der Waals surface area contributed by atoms with E-state index in [1.165, 1.54) is 12.1 Å². The molecule has 0 saturated carbocycles. The highest BCUT2D eigenvalue weighted by Gasteiger charge is 2.35. The Balaban J connectivity index is 1.26. The Morgan fingerprint density at radius 3 is 2.38 bits per heavy atom. The molecule has 2 aliphatic rings. The van der Waals surface area contributed by atoms with E-state index in [9.17, 15) is 22.8 Å². The molecule has 2 atom stereocenters. The minimum absolute atomic E-state index is 0.111. The number of hydrogen-bond donors (Lipinski definition) is 1. The standard InChI is InChI=1S/C24H24Cl2F3N3O2/c25-20-6-3-16(11-21(20)26)23(34)30-12-22(33)32-10-8-19(14-32)31-9-7-17(13-31)15-1-4-18(5-2-15)24(27,28)29/h1-6,11,17,19H,7-10,12-14H2,(H,30,34). The number of nitrogens with zero attached hydrogens (tertiary/aromatic N) is 2. The summed E-state index contributed by atoms with van der Waals surface area (Å²) in [6, 6.07) is 10.1. The van der Waals surface area contributed by atoms with E-state index in [4.69, 9.17) is 23.2 Å². The summed E-state index contributed by atoms with van der Waals surface area (Å²) in [5, 5.41) is 3.24. The van der Waals surface area contributed by atoms with Gasteiger partial charge in [-0.2, -0.15) is 13.2 Å². The molecular weight excluding hydrogens is 490 g/mol.